The Labute approximate surface area is 183 Å². The molecule has 0 saturated heterocycles. The van der Waals surface area contributed by atoms with E-state index >= 15 is 0 Å². The largest absolute Gasteiger partial charge is 0.507 e. The molecule has 0 fully saturated rings. The van der Waals surface area contributed by atoms with Crippen LogP contribution in [0.1, 0.15) is 34.1 Å². The van der Waals surface area contributed by atoms with E-state index in [2.05, 4.69) is 15.2 Å². The fraction of sp³-hybridized carbons (Fsp3) is 0.0833. The van der Waals surface area contributed by atoms with Gasteiger partial charge in [-0.3, -0.25) is 9.78 Å². The molecule has 5 rings (SSSR count). The lowest BCUT2D eigenvalue weighted by molar-refractivity contribution is 0.0700. The molecular weight excluding hydrogens is 409 g/mol. The normalized spacial score (nSPS) is 15.6. The van der Waals surface area contributed by atoms with Crippen LogP contribution in [-0.2, 0) is 0 Å². The minimum Gasteiger partial charge on any atom is -0.507 e. The second-order valence-electron chi connectivity index (χ2n) is 7.31. The number of carbonyl (C=O) groups excluding carboxylic acids is 1. The van der Waals surface area contributed by atoms with Crippen molar-refractivity contribution in [2.75, 3.05) is 0 Å². The molecule has 0 saturated carbocycles. The van der Waals surface area contributed by atoms with Gasteiger partial charge in [0.2, 0.25) is 0 Å². The Balaban J connectivity index is 1.54. The summed E-state index contributed by atoms with van der Waals surface area (Å²) < 4.78 is 16.3. The first-order valence-electron chi connectivity index (χ1n) is 10.0. The minimum atomic E-state index is -0.819. The lowest BCUT2D eigenvalue weighted by atomic mass is 9.97. The summed E-state index contributed by atoms with van der Waals surface area (Å²) in [5, 5.41) is 20.4. The molecule has 8 heteroatoms. The lowest BCUT2D eigenvalue weighted by Crippen LogP contribution is -2.28. The summed E-state index contributed by atoms with van der Waals surface area (Å²) in [4.78, 5) is 17.5. The third-order valence-corrected chi connectivity index (χ3v) is 5.31. The number of nitrogens with zero attached hydrogens (tertiary/aromatic N) is 5. The zero-order chi connectivity index (χ0) is 22.1. The summed E-state index contributed by atoms with van der Waals surface area (Å²) >= 11 is 0. The van der Waals surface area contributed by atoms with Gasteiger partial charge in [0, 0.05) is 30.6 Å². The molecule has 7 nitrogen and oxygen atoms in total. The molecule has 2 aromatic heterocycles. The molecule has 0 aliphatic carbocycles. The zero-order valence-electron chi connectivity index (χ0n) is 16.8. The van der Waals surface area contributed by atoms with Gasteiger partial charge in [0.25, 0.3) is 5.91 Å². The number of rotatable bonds is 4. The number of benzene rings is 2. The zero-order valence-corrected chi connectivity index (χ0v) is 16.8. The number of para-hydroxylation sites is 1. The second-order valence-corrected chi connectivity index (χ2v) is 7.31. The first kappa shape index (κ1) is 19.6. The van der Waals surface area contributed by atoms with E-state index in [1.807, 2.05) is 36.4 Å². The van der Waals surface area contributed by atoms with Crippen LogP contribution in [0.4, 0.5) is 4.39 Å². The first-order valence-corrected chi connectivity index (χ1v) is 10.0. The Morgan fingerprint density at radius 2 is 1.88 bits per heavy atom. The molecule has 1 atom stereocenters. The van der Waals surface area contributed by atoms with E-state index in [4.69, 9.17) is 0 Å². The van der Waals surface area contributed by atoms with Crippen molar-refractivity contribution >= 4 is 11.6 Å². The van der Waals surface area contributed by atoms with Crippen LogP contribution in [0.15, 0.2) is 90.4 Å². The molecule has 3 heterocycles. The number of hydrogen-bond donors (Lipinski definition) is 1. The summed E-state index contributed by atoms with van der Waals surface area (Å²) in [5.41, 5.74) is 2.27. The Morgan fingerprint density at radius 3 is 2.62 bits per heavy atom. The average molecular weight is 427 g/mol. The Bertz CT molecular complexity index is 1280. The third kappa shape index (κ3) is 3.51. The number of hydrazone groups is 1. The summed E-state index contributed by atoms with van der Waals surface area (Å²) in [5.74, 6) is -1.33. The second kappa shape index (κ2) is 8.07. The van der Waals surface area contributed by atoms with Gasteiger partial charge >= 0.3 is 0 Å². The standard InChI is InChI=1S/C24H18FN5O2/c25-18-9-4-10-22(31)23(18)21-14-20(16-6-5-12-26-15-16)28-30(21)24(32)19-11-13-29(27-19)17-7-2-1-3-8-17/h1-13,15,21,31H,14H2. The highest BCUT2D eigenvalue weighted by Crippen LogP contribution is 2.39. The van der Waals surface area contributed by atoms with Gasteiger partial charge in [-0.2, -0.15) is 10.2 Å². The summed E-state index contributed by atoms with van der Waals surface area (Å²) in [6.07, 6.45) is 5.18. The van der Waals surface area contributed by atoms with E-state index in [1.54, 1.807) is 35.4 Å². The highest BCUT2D eigenvalue weighted by molar-refractivity contribution is 6.04. The van der Waals surface area contributed by atoms with E-state index in [9.17, 15) is 14.3 Å². The molecule has 1 unspecified atom stereocenters. The molecule has 158 valence electrons. The maximum Gasteiger partial charge on any atom is 0.295 e. The van der Waals surface area contributed by atoms with Crippen molar-refractivity contribution in [3.05, 3.63) is 108 Å². The number of carbonyl (C=O) groups is 1. The number of halogens is 1. The molecule has 0 bridgehead atoms. The van der Waals surface area contributed by atoms with E-state index in [0.717, 1.165) is 11.3 Å². The molecule has 32 heavy (non-hydrogen) atoms. The van der Waals surface area contributed by atoms with Crippen molar-refractivity contribution < 1.29 is 14.3 Å². The van der Waals surface area contributed by atoms with Gasteiger partial charge in [-0.25, -0.2) is 14.1 Å². The molecule has 1 amide bonds. The minimum absolute atomic E-state index is 0.0194. The molecule has 1 aliphatic heterocycles. The fourth-order valence-electron chi connectivity index (χ4n) is 3.77. The Morgan fingerprint density at radius 1 is 1.03 bits per heavy atom. The van der Waals surface area contributed by atoms with Crippen molar-refractivity contribution in [2.24, 2.45) is 5.10 Å². The number of hydrogen-bond acceptors (Lipinski definition) is 5. The quantitative estimate of drug-likeness (QED) is 0.531. The average Bonchev–Trinajstić information content (AvgIpc) is 3.48. The van der Waals surface area contributed by atoms with Gasteiger partial charge in [-0.1, -0.05) is 30.3 Å². The number of pyridine rings is 1. The molecule has 1 aliphatic rings. The van der Waals surface area contributed by atoms with Gasteiger partial charge in [0.05, 0.1) is 23.0 Å². The topological polar surface area (TPSA) is 83.6 Å². The molecule has 2 aromatic carbocycles. The third-order valence-electron chi connectivity index (χ3n) is 5.31. The van der Waals surface area contributed by atoms with Gasteiger partial charge < -0.3 is 5.11 Å². The van der Waals surface area contributed by atoms with Crippen molar-refractivity contribution in [3.63, 3.8) is 0 Å². The van der Waals surface area contributed by atoms with E-state index in [-0.39, 0.29) is 23.4 Å². The van der Waals surface area contributed by atoms with Crippen LogP contribution in [0.3, 0.4) is 0 Å². The number of phenols is 1. The van der Waals surface area contributed by atoms with Crippen LogP contribution in [0.2, 0.25) is 0 Å². The molecule has 0 spiro atoms. The lowest BCUT2D eigenvalue weighted by Gasteiger charge is -2.22. The van der Waals surface area contributed by atoms with E-state index < -0.39 is 17.8 Å². The Kier molecular flexibility index (Phi) is 4.95. The van der Waals surface area contributed by atoms with Crippen LogP contribution in [0.25, 0.3) is 5.69 Å². The van der Waals surface area contributed by atoms with Crippen molar-refractivity contribution in [1.29, 1.82) is 0 Å². The van der Waals surface area contributed by atoms with Gasteiger partial charge in [-0.05, 0) is 36.4 Å². The molecule has 0 radical (unpaired) electrons. The van der Waals surface area contributed by atoms with Crippen molar-refractivity contribution in [2.45, 2.75) is 12.5 Å². The van der Waals surface area contributed by atoms with Crippen LogP contribution < -0.4 is 0 Å². The van der Waals surface area contributed by atoms with E-state index in [1.165, 1.54) is 23.2 Å². The van der Waals surface area contributed by atoms with Gasteiger partial charge in [0.1, 0.15) is 11.6 Å². The summed E-state index contributed by atoms with van der Waals surface area (Å²) in [6, 6.07) is 17.8. The van der Waals surface area contributed by atoms with Crippen molar-refractivity contribution in [1.82, 2.24) is 19.8 Å². The predicted molar refractivity (Wildman–Crippen MR) is 116 cm³/mol. The maximum absolute atomic E-state index is 14.7. The number of aromatic hydroxyl groups is 1. The molecular formula is C24H18FN5O2. The fourth-order valence-corrected chi connectivity index (χ4v) is 3.77. The summed E-state index contributed by atoms with van der Waals surface area (Å²) in [7, 11) is 0. The highest BCUT2D eigenvalue weighted by Gasteiger charge is 2.37. The SMILES string of the molecule is O=C(c1ccn(-c2ccccc2)n1)N1N=C(c2cccnc2)CC1c1c(O)cccc1F. The number of phenolic OH excluding ortho intramolecular Hbond substituents is 1. The van der Waals surface area contributed by atoms with Crippen LogP contribution in [0.5, 0.6) is 5.75 Å². The smallest absolute Gasteiger partial charge is 0.295 e. The van der Waals surface area contributed by atoms with Crippen LogP contribution in [-0.4, -0.2) is 36.5 Å². The Hall–Kier alpha value is -4.33. The maximum atomic E-state index is 14.7. The number of aromatic nitrogens is 3. The van der Waals surface area contributed by atoms with E-state index in [0.29, 0.717) is 5.71 Å². The highest BCUT2D eigenvalue weighted by atomic mass is 19.1. The predicted octanol–water partition coefficient (Wildman–Crippen LogP) is 4.10. The van der Waals surface area contributed by atoms with Crippen molar-refractivity contribution in [3.8, 4) is 11.4 Å². The molecule has 1 N–H and O–H groups in total. The monoisotopic (exact) mass is 427 g/mol. The molecule has 4 aromatic rings. The number of amides is 1. The summed E-state index contributed by atoms with van der Waals surface area (Å²) in [6.45, 7) is 0. The van der Waals surface area contributed by atoms with Gasteiger partial charge in [0.15, 0.2) is 5.69 Å². The van der Waals surface area contributed by atoms with Gasteiger partial charge in [-0.15, -0.1) is 0 Å². The van der Waals surface area contributed by atoms with Crippen LogP contribution >= 0.6 is 0 Å². The first-order chi connectivity index (χ1) is 15.6. The van der Waals surface area contributed by atoms with Crippen LogP contribution in [0, 0.1) is 5.82 Å².